The summed E-state index contributed by atoms with van der Waals surface area (Å²) in [7, 11) is 0. The van der Waals surface area contributed by atoms with Crippen LogP contribution in [0.4, 0.5) is 0 Å². The van der Waals surface area contributed by atoms with E-state index in [1.165, 1.54) is 6.92 Å². The van der Waals surface area contributed by atoms with Crippen molar-refractivity contribution in [3.8, 4) is 0 Å². The topological polar surface area (TPSA) is 124 Å². The van der Waals surface area contributed by atoms with Crippen LogP contribution in [0.15, 0.2) is 23.8 Å². The lowest BCUT2D eigenvalue weighted by molar-refractivity contribution is -0.170. The molecule has 5 saturated carbocycles. The Morgan fingerprint density at radius 2 is 1.72 bits per heavy atom. The number of hydrogen-bond acceptors (Lipinski definition) is 7. The number of carbonyl (C=O) groups is 2. The van der Waals surface area contributed by atoms with Crippen molar-refractivity contribution in [1.29, 1.82) is 0 Å². The van der Waals surface area contributed by atoms with Gasteiger partial charge in [-0.3, -0.25) is 4.79 Å². The maximum Gasteiger partial charge on any atom is 0.302 e. The van der Waals surface area contributed by atoms with Gasteiger partial charge in [0.1, 0.15) is 12.4 Å². The Bertz CT molecular complexity index is 1110. The monoisotopic (exact) mass is 542 g/mol. The summed E-state index contributed by atoms with van der Waals surface area (Å²) in [6.45, 7) is 11.0. The van der Waals surface area contributed by atoms with E-state index >= 15 is 0 Å². The molecule has 0 radical (unpaired) electrons. The number of aliphatic hydroxyl groups is 4. The molecular formula is C32H46O7. The summed E-state index contributed by atoms with van der Waals surface area (Å²) < 4.78 is 5.90. The number of hydrogen-bond donors (Lipinski definition) is 4. The molecule has 4 N–H and O–H groups in total. The first-order valence-electron chi connectivity index (χ1n) is 15.1. The lowest BCUT2D eigenvalue weighted by atomic mass is 9.55. The molecule has 216 valence electrons. The van der Waals surface area contributed by atoms with Crippen LogP contribution in [0, 0.1) is 51.8 Å². The number of ether oxygens (including phenoxy) is 1. The van der Waals surface area contributed by atoms with Gasteiger partial charge < -0.3 is 30.0 Å². The Hall–Kier alpha value is -1.54. The molecule has 0 aliphatic heterocycles. The molecule has 1 spiro atoms. The Morgan fingerprint density at radius 1 is 1.03 bits per heavy atom. The SMILES string of the molecule is C=C(C)[C@@H]1CCC([C@@H]2CC[C@@H]3C2=C[C@]2(C=O)[C@@H]4CC[C@@]2([C@H]3O)[C@@H](O)[C@]42CC[C@H](C(C)(C)O)[C@@H]2O)[C@@H]1OC(C)=O. The van der Waals surface area contributed by atoms with Crippen LogP contribution in [-0.4, -0.2) is 62.7 Å². The van der Waals surface area contributed by atoms with Crippen LogP contribution in [0.2, 0.25) is 0 Å². The van der Waals surface area contributed by atoms with Crippen molar-refractivity contribution in [2.75, 3.05) is 0 Å². The van der Waals surface area contributed by atoms with E-state index in [4.69, 9.17) is 4.74 Å². The van der Waals surface area contributed by atoms with E-state index in [1.807, 2.05) is 6.92 Å². The Balaban J connectivity index is 1.43. The largest absolute Gasteiger partial charge is 0.462 e. The Kier molecular flexibility index (Phi) is 6.18. The highest BCUT2D eigenvalue weighted by molar-refractivity contribution is 5.71. The van der Waals surface area contributed by atoms with Crippen LogP contribution in [0.5, 0.6) is 0 Å². The summed E-state index contributed by atoms with van der Waals surface area (Å²) in [5, 5.41) is 46.9. The molecule has 5 fully saturated rings. The molecule has 0 aromatic carbocycles. The van der Waals surface area contributed by atoms with Gasteiger partial charge in [-0.25, -0.2) is 0 Å². The summed E-state index contributed by atoms with van der Waals surface area (Å²) in [5.74, 6) is -0.919. The standard InChI is InChI=1S/C32H46O7/c1-16(2)18-6-8-20(25(18)39-17(3)34)19-7-9-21-22(19)14-30(15-33)24-11-13-32(30,26(21)35)28(37)31(24)12-10-23(27(31)36)29(4,5)38/h14-15,18-21,23-28,35-38H,1,6-13H2,2-5H3/t18-,19-,20?,21+,23-,24-,25+,26-,27-,28-,30-,31+,32+/m0/s1. The minimum absolute atomic E-state index is 0.0817. The summed E-state index contributed by atoms with van der Waals surface area (Å²) >= 11 is 0. The second-order valence-corrected chi connectivity index (χ2v) is 14.6. The second-order valence-electron chi connectivity index (χ2n) is 14.6. The van der Waals surface area contributed by atoms with Crippen molar-refractivity contribution in [1.82, 2.24) is 0 Å². The van der Waals surface area contributed by atoms with Gasteiger partial charge in [0, 0.05) is 41.4 Å². The van der Waals surface area contributed by atoms with Gasteiger partial charge in [-0.05, 0) is 84.0 Å². The molecule has 6 aliphatic rings. The predicted molar refractivity (Wildman–Crippen MR) is 144 cm³/mol. The maximum absolute atomic E-state index is 13.3. The summed E-state index contributed by atoms with van der Waals surface area (Å²) in [4.78, 5) is 25.4. The fourth-order valence-corrected chi connectivity index (χ4v) is 11.4. The fourth-order valence-electron chi connectivity index (χ4n) is 11.4. The number of carbonyl (C=O) groups excluding carboxylic acids is 2. The fraction of sp³-hybridized carbons (Fsp3) is 0.812. The predicted octanol–water partition coefficient (Wildman–Crippen LogP) is 3.33. The molecule has 13 atom stereocenters. The molecule has 0 saturated heterocycles. The molecule has 7 nitrogen and oxygen atoms in total. The van der Waals surface area contributed by atoms with Crippen LogP contribution in [-0.2, 0) is 14.3 Å². The van der Waals surface area contributed by atoms with E-state index in [-0.39, 0.29) is 41.7 Å². The minimum Gasteiger partial charge on any atom is -0.462 e. The third kappa shape index (κ3) is 3.25. The van der Waals surface area contributed by atoms with Crippen molar-refractivity contribution in [2.24, 2.45) is 51.8 Å². The average Bonchev–Trinajstić information content (AvgIpc) is 3.62. The van der Waals surface area contributed by atoms with E-state index in [9.17, 15) is 30.0 Å². The number of rotatable bonds is 5. The first-order chi connectivity index (χ1) is 18.3. The van der Waals surface area contributed by atoms with Crippen molar-refractivity contribution < 1.29 is 34.8 Å². The average molecular weight is 543 g/mol. The number of esters is 1. The smallest absolute Gasteiger partial charge is 0.302 e. The van der Waals surface area contributed by atoms with Gasteiger partial charge in [0.2, 0.25) is 0 Å². The zero-order valence-corrected chi connectivity index (χ0v) is 23.8. The van der Waals surface area contributed by atoms with Gasteiger partial charge in [-0.1, -0.05) is 23.8 Å². The molecule has 0 aromatic heterocycles. The van der Waals surface area contributed by atoms with E-state index in [0.717, 1.165) is 43.1 Å². The number of aliphatic hydroxyl groups excluding tert-OH is 3. The van der Waals surface area contributed by atoms with Crippen LogP contribution >= 0.6 is 0 Å². The highest BCUT2D eigenvalue weighted by Crippen LogP contribution is 2.80. The molecular weight excluding hydrogens is 496 g/mol. The molecule has 7 heteroatoms. The van der Waals surface area contributed by atoms with Crippen molar-refractivity contribution >= 4 is 12.3 Å². The number of aldehydes is 1. The van der Waals surface area contributed by atoms with Gasteiger partial charge >= 0.3 is 5.97 Å². The van der Waals surface area contributed by atoms with Crippen LogP contribution in [0.3, 0.4) is 0 Å². The lowest BCUT2D eigenvalue weighted by Gasteiger charge is -2.51. The van der Waals surface area contributed by atoms with E-state index in [2.05, 4.69) is 12.7 Å². The number of fused-ring (bicyclic) bond motifs is 2. The molecule has 0 aromatic rings. The molecule has 6 aliphatic carbocycles. The highest BCUT2D eigenvalue weighted by atomic mass is 16.5. The normalized spacial score (nSPS) is 52.1. The van der Waals surface area contributed by atoms with Crippen molar-refractivity contribution in [3.05, 3.63) is 23.8 Å². The first kappa shape index (κ1) is 27.6. The first-order valence-corrected chi connectivity index (χ1v) is 15.1. The van der Waals surface area contributed by atoms with E-state index < -0.39 is 46.1 Å². The van der Waals surface area contributed by atoms with E-state index in [0.29, 0.717) is 25.7 Å². The molecule has 6 rings (SSSR count). The third-order valence-corrected chi connectivity index (χ3v) is 12.8. The summed E-state index contributed by atoms with van der Waals surface area (Å²) in [6.07, 6.45) is 5.61. The van der Waals surface area contributed by atoms with Crippen molar-refractivity contribution in [3.63, 3.8) is 0 Å². The minimum atomic E-state index is -1.12. The van der Waals surface area contributed by atoms with Gasteiger partial charge in [0.15, 0.2) is 0 Å². The Labute approximate surface area is 231 Å². The van der Waals surface area contributed by atoms with Crippen LogP contribution in [0.25, 0.3) is 0 Å². The lowest BCUT2D eigenvalue weighted by Crippen LogP contribution is -2.59. The van der Waals surface area contributed by atoms with Crippen LogP contribution < -0.4 is 0 Å². The zero-order valence-electron chi connectivity index (χ0n) is 23.8. The molecule has 39 heavy (non-hydrogen) atoms. The van der Waals surface area contributed by atoms with Crippen LogP contribution in [0.1, 0.15) is 79.1 Å². The Morgan fingerprint density at radius 3 is 2.31 bits per heavy atom. The number of allylic oxidation sites excluding steroid dienone is 1. The van der Waals surface area contributed by atoms with Gasteiger partial charge in [0.25, 0.3) is 0 Å². The maximum atomic E-state index is 13.3. The molecule has 2 bridgehead atoms. The zero-order chi connectivity index (χ0) is 28.3. The third-order valence-electron chi connectivity index (χ3n) is 12.8. The van der Waals surface area contributed by atoms with Gasteiger partial charge in [-0.2, -0.15) is 0 Å². The molecule has 0 amide bonds. The van der Waals surface area contributed by atoms with Crippen molar-refractivity contribution in [2.45, 2.75) is 109 Å². The van der Waals surface area contributed by atoms with Gasteiger partial charge in [-0.15, -0.1) is 0 Å². The summed E-state index contributed by atoms with van der Waals surface area (Å²) in [5.41, 5.74) is -2.07. The van der Waals surface area contributed by atoms with E-state index in [1.54, 1.807) is 13.8 Å². The second kappa shape index (κ2) is 8.73. The summed E-state index contributed by atoms with van der Waals surface area (Å²) in [6, 6.07) is 0. The molecule has 0 heterocycles. The highest BCUT2D eigenvalue weighted by Gasteiger charge is 2.83. The quantitative estimate of drug-likeness (QED) is 0.239. The van der Waals surface area contributed by atoms with Gasteiger partial charge in [0.05, 0.1) is 29.3 Å². The molecule has 1 unspecified atom stereocenters.